The number of amides is 2. The van der Waals surface area contributed by atoms with Crippen LogP contribution < -0.4 is 10.6 Å². The number of fused-ring (bicyclic) bond motifs is 1. The minimum atomic E-state index is -0.327. The summed E-state index contributed by atoms with van der Waals surface area (Å²) >= 11 is 1.46. The SMILES string of the molecule is Cc1cc(NC(=O)Nc2cnc3scnc3c2)ccn1. The van der Waals surface area contributed by atoms with Gasteiger partial charge in [-0.05, 0) is 25.1 Å². The highest BCUT2D eigenvalue weighted by atomic mass is 32.1. The standard InChI is InChI=1S/C13H11N5OS/c1-8-4-9(2-3-14-8)17-13(19)18-10-5-11-12(15-6-10)20-7-16-11/h2-7H,1H3,(H2,14,17,18,19). The zero-order chi connectivity index (χ0) is 13.9. The Labute approximate surface area is 118 Å². The molecule has 0 aliphatic carbocycles. The number of thiazole rings is 1. The molecule has 0 aromatic carbocycles. The quantitative estimate of drug-likeness (QED) is 0.758. The number of aromatic nitrogens is 3. The van der Waals surface area contributed by atoms with Gasteiger partial charge in [-0.2, -0.15) is 0 Å². The number of anilines is 2. The number of hydrogen-bond donors (Lipinski definition) is 2. The summed E-state index contributed by atoms with van der Waals surface area (Å²) in [6, 6.07) is 4.98. The number of pyridine rings is 2. The van der Waals surface area contributed by atoms with Crippen LogP contribution in [0.5, 0.6) is 0 Å². The van der Waals surface area contributed by atoms with E-state index in [4.69, 9.17) is 0 Å². The Balaban J connectivity index is 1.72. The first kappa shape index (κ1) is 12.5. The Morgan fingerprint density at radius 3 is 2.85 bits per heavy atom. The van der Waals surface area contributed by atoms with E-state index >= 15 is 0 Å². The summed E-state index contributed by atoms with van der Waals surface area (Å²) in [6.07, 6.45) is 3.26. The summed E-state index contributed by atoms with van der Waals surface area (Å²) in [7, 11) is 0. The second-order valence-corrected chi connectivity index (χ2v) is 5.00. The molecule has 0 unspecified atom stereocenters. The third-order valence-corrected chi connectivity index (χ3v) is 3.35. The van der Waals surface area contributed by atoms with Crippen molar-refractivity contribution in [2.75, 3.05) is 10.6 Å². The van der Waals surface area contributed by atoms with Crippen LogP contribution in [0.1, 0.15) is 5.69 Å². The molecular weight excluding hydrogens is 274 g/mol. The lowest BCUT2D eigenvalue weighted by molar-refractivity contribution is 0.262. The van der Waals surface area contributed by atoms with Gasteiger partial charge in [0.05, 0.1) is 17.4 Å². The van der Waals surface area contributed by atoms with Crippen molar-refractivity contribution in [3.63, 3.8) is 0 Å². The first-order chi connectivity index (χ1) is 9.70. The maximum absolute atomic E-state index is 11.9. The van der Waals surface area contributed by atoms with E-state index in [9.17, 15) is 4.79 Å². The van der Waals surface area contributed by atoms with Gasteiger partial charge < -0.3 is 10.6 Å². The fourth-order valence-electron chi connectivity index (χ4n) is 1.74. The second kappa shape index (κ2) is 5.22. The maximum atomic E-state index is 11.9. The summed E-state index contributed by atoms with van der Waals surface area (Å²) in [5, 5.41) is 5.46. The summed E-state index contributed by atoms with van der Waals surface area (Å²) in [6.45, 7) is 1.86. The minimum Gasteiger partial charge on any atom is -0.308 e. The molecule has 0 atom stereocenters. The molecule has 3 rings (SSSR count). The Bertz CT molecular complexity index is 770. The van der Waals surface area contributed by atoms with Gasteiger partial charge in [-0.3, -0.25) is 4.98 Å². The van der Waals surface area contributed by atoms with E-state index in [-0.39, 0.29) is 6.03 Å². The zero-order valence-electron chi connectivity index (χ0n) is 10.6. The number of nitrogens with zero attached hydrogens (tertiary/aromatic N) is 3. The Hall–Kier alpha value is -2.54. The number of hydrogen-bond acceptors (Lipinski definition) is 5. The Morgan fingerprint density at radius 1 is 1.15 bits per heavy atom. The van der Waals surface area contributed by atoms with E-state index in [1.807, 2.05) is 6.92 Å². The van der Waals surface area contributed by atoms with Crippen LogP contribution >= 0.6 is 11.3 Å². The summed E-state index contributed by atoms with van der Waals surface area (Å²) in [5.74, 6) is 0. The third-order valence-electron chi connectivity index (χ3n) is 2.60. The van der Waals surface area contributed by atoms with Gasteiger partial charge in [0.25, 0.3) is 0 Å². The molecule has 0 saturated heterocycles. The average molecular weight is 285 g/mol. The molecule has 0 aliphatic heterocycles. The molecule has 3 aromatic heterocycles. The van der Waals surface area contributed by atoms with Crippen LogP contribution in [0.4, 0.5) is 16.2 Å². The highest BCUT2D eigenvalue weighted by Crippen LogP contribution is 2.18. The van der Waals surface area contributed by atoms with E-state index < -0.39 is 0 Å². The molecule has 0 aliphatic rings. The molecule has 2 amide bonds. The van der Waals surface area contributed by atoms with Crippen molar-refractivity contribution in [1.29, 1.82) is 0 Å². The zero-order valence-corrected chi connectivity index (χ0v) is 11.4. The van der Waals surface area contributed by atoms with E-state index in [1.165, 1.54) is 11.3 Å². The Morgan fingerprint density at radius 2 is 2.00 bits per heavy atom. The Kier molecular flexibility index (Phi) is 3.26. The van der Waals surface area contributed by atoms with Gasteiger partial charge in [0.15, 0.2) is 0 Å². The van der Waals surface area contributed by atoms with Crippen LogP contribution in [0.3, 0.4) is 0 Å². The number of carbonyl (C=O) groups excluding carboxylic acids is 1. The van der Waals surface area contributed by atoms with Crippen LogP contribution in [0, 0.1) is 6.92 Å². The summed E-state index contributed by atoms with van der Waals surface area (Å²) < 4.78 is 0. The van der Waals surface area contributed by atoms with Crippen molar-refractivity contribution < 1.29 is 4.79 Å². The topological polar surface area (TPSA) is 79.8 Å². The molecule has 6 nitrogen and oxygen atoms in total. The molecule has 0 bridgehead atoms. The average Bonchev–Trinajstić information content (AvgIpc) is 2.86. The number of rotatable bonds is 2. The third kappa shape index (κ3) is 2.72. The fraction of sp³-hybridized carbons (Fsp3) is 0.0769. The normalized spacial score (nSPS) is 10.4. The molecule has 3 aromatic rings. The largest absolute Gasteiger partial charge is 0.323 e. The van der Waals surface area contributed by atoms with Crippen molar-refractivity contribution in [3.8, 4) is 0 Å². The van der Waals surface area contributed by atoms with E-state index in [0.717, 1.165) is 16.0 Å². The lowest BCUT2D eigenvalue weighted by atomic mass is 10.3. The van der Waals surface area contributed by atoms with Crippen molar-refractivity contribution in [2.24, 2.45) is 0 Å². The number of urea groups is 1. The van der Waals surface area contributed by atoms with Crippen molar-refractivity contribution in [1.82, 2.24) is 15.0 Å². The van der Waals surface area contributed by atoms with Crippen molar-refractivity contribution in [2.45, 2.75) is 6.92 Å². The molecule has 0 saturated carbocycles. The first-order valence-corrected chi connectivity index (χ1v) is 6.78. The molecule has 0 radical (unpaired) electrons. The second-order valence-electron chi connectivity index (χ2n) is 4.17. The van der Waals surface area contributed by atoms with Gasteiger partial charge in [0.1, 0.15) is 10.3 Å². The van der Waals surface area contributed by atoms with Gasteiger partial charge in [0, 0.05) is 17.6 Å². The molecule has 2 N–H and O–H groups in total. The number of carbonyl (C=O) groups is 1. The first-order valence-electron chi connectivity index (χ1n) is 5.90. The lowest BCUT2D eigenvalue weighted by Crippen LogP contribution is -2.19. The van der Waals surface area contributed by atoms with Crippen LogP contribution in [0.2, 0.25) is 0 Å². The predicted octanol–water partition coefficient (Wildman–Crippen LogP) is 3.04. The van der Waals surface area contributed by atoms with E-state index in [0.29, 0.717) is 11.4 Å². The highest BCUT2D eigenvalue weighted by Gasteiger charge is 2.05. The molecule has 7 heteroatoms. The number of aryl methyl sites for hydroxylation is 1. The van der Waals surface area contributed by atoms with Gasteiger partial charge in [-0.1, -0.05) is 0 Å². The molecule has 0 spiro atoms. The smallest absolute Gasteiger partial charge is 0.308 e. The number of nitrogens with one attached hydrogen (secondary N) is 2. The monoisotopic (exact) mass is 285 g/mol. The molecule has 0 fully saturated rings. The van der Waals surface area contributed by atoms with Crippen LogP contribution in [-0.4, -0.2) is 21.0 Å². The van der Waals surface area contributed by atoms with Gasteiger partial charge >= 0.3 is 6.03 Å². The fourth-order valence-corrected chi connectivity index (χ4v) is 2.35. The van der Waals surface area contributed by atoms with Crippen molar-refractivity contribution in [3.05, 3.63) is 41.8 Å². The van der Waals surface area contributed by atoms with Crippen LogP contribution in [-0.2, 0) is 0 Å². The summed E-state index contributed by atoms with van der Waals surface area (Å²) in [4.78, 5) is 25.2. The molecule has 100 valence electrons. The summed E-state index contributed by atoms with van der Waals surface area (Å²) in [5.41, 5.74) is 4.63. The minimum absolute atomic E-state index is 0.327. The van der Waals surface area contributed by atoms with Crippen LogP contribution in [0.25, 0.3) is 10.3 Å². The van der Waals surface area contributed by atoms with E-state index in [2.05, 4.69) is 25.6 Å². The molecule has 3 heterocycles. The molecular formula is C13H11N5OS. The maximum Gasteiger partial charge on any atom is 0.323 e. The van der Waals surface area contributed by atoms with Crippen LogP contribution in [0.15, 0.2) is 36.1 Å². The lowest BCUT2D eigenvalue weighted by Gasteiger charge is -2.07. The van der Waals surface area contributed by atoms with E-state index in [1.54, 1.807) is 36.1 Å². The van der Waals surface area contributed by atoms with Gasteiger partial charge in [-0.25, -0.2) is 14.8 Å². The van der Waals surface area contributed by atoms with Gasteiger partial charge in [-0.15, -0.1) is 11.3 Å². The van der Waals surface area contributed by atoms with Crippen molar-refractivity contribution >= 4 is 39.1 Å². The highest BCUT2D eigenvalue weighted by molar-refractivity contribution is 7.16. The predicted molar refractivity (Wildman–Crippen MR) is 79.0 cm³/mol. The van der Waals surface area contributed by atoms with Gasteiger partial charge in [0.2, 0.25) is 0 Å². The molecule has 20 heavy (non-hydrogen) atoms.